The van der Waals surface area contributed by atoms with Crippen molar-refractivity contribution in [1.82, 2.24) is 9.80 Å². The molecule has 0 bridgehead atoms. The van der Waals surface area contributed by atoms with Crippen molar-refractivity contribution in [3.8, 4) is 23.3 Å². The summed E-state index contributed by atoms with van der Waals surface area (Å²) in [5.41, 5.74) is -3.19. The molecule has 2 fully saturated rings. The lowest BCUT2D eigenvalue weighted by Crippen LogP contribution is -2.59. The number of aliphatic hydroxyl groups is 5. The monoisotopic (exact) mass is 867 g/mol. The Balaban J connectivity index is 1.98. The van der Waals surface area contributed by atoms with E-state index in [1.54, 1.807) is 39.8 Å². The van der Waals surface area contributed by atoms with Gasteiger partial charge < -0.3 is 64.2 Å². The quantitative estimate of drug-likeness (QED) is 0.154. The molecular formula is C44H74N4O13. The third-order valence-electron chi connectivity index (χ3n) is 12.5. The Kier molecular flexibility index (Phi) is 19.3. The van der Waals surface area contributed by atoms with E-state index < -0.39 is 77.9 Å². The molecule has 0 aromatic heterocycles. The van der Waals surface area contributed by atoms with Crippen LogP contribution < -0.4 is 19.5 Å². The number of nitrogens with zero attached hydrogens (tertiary/aromatic N) is 3. The molecule has 2 aliphatic heterocycles. The van der Waals surface area contributed by atoms with Crippen molar-refractivity contribution in [2.24, 2.45) is 23.7 Å². The molecule has 1 aromatic carbocycles. The normalized spacial score (nSPS) is 35.8. The largest absolute Gasteiger partial charge is 0.493 e. The van der Waals surface area contributed by atoms with Gasteiger partial charge in [0.05, 0.1) is 69.3 Å². The van der Waals surface area contributed by atoms with Crippen molar-refractivity contribution in [1.29, 1.82) is 5.26 Å². The molecule has 17 heteroatoms. The van der Waals surface area contributed by atoms with E-state index in [1.807, 2.05) is 25.7 Å². The number of methoxy groups -OCH3 is 3. The van der Waals surface area contributed by atoms with Crippen LogP contribution in [0.1, 0.15) is 94.4 Å². The minimum absolute atomic E-state index is 0.0728. The van der Waals surface area contributed by atoms with Gasteiger partial charge in [-0.15, -0.1) is 0 Å². The molecule has 3 rings (SSSR count). The first kappa shape index (κ1) is 51.9. The second-order valence-corrected chi connectivity index (χ2v) is 17.7. The van der Waals surface area contributed by atoms with E-state index in [0.29, 0.717) is 48.9 Å². The maximum absolute atomic E-state index is 13.7. The number of cyclic esters (lactones) is 1. The molecule has 2 heterocycles. The fourth-order valence-electron chi connectivity index (χ4n) is 8.97. The first-order valence-electron chi connectivity index (χ1n) is 21.5. The summed E-state index contributed by atoms with van der Waals surface area (Å²) in [5.74, 6) is -2.20. The topological polar surface area (TPSA) is 233 Å². The van der Waals surface area contributed by atoms with Gasteiger partial charge in [-0.05, 0) is 72.1 Å². The highest BCUT2D eigenvalue weighted by atomic mass is 16.7. The van der Waals surface area contributed by atoms with Crippen LogP contribution in [0.3, 0.4) is 0 Å². The van der Waals surface area contributed by atoms with Crippen molar-refractivity contribution < 1.29 is 63.5 Å². The number of aliphatic hydroxyl groups excluding tert-OH is 3. The van der Waals surface area contributed by atoms with Gasteiger partial charge in [0.1, 0.15) is 23.9 Å². The Morgan fingerprint density at radius 1 is 1.00 bits per heavy atom. The maximum atomic E-state index is 13.7. The molecule has 0 saturated carbocycles. The number of rotatable bonds is 13. The highest BCUT2D eigenvalue weighted by Crippen LogP contribution is 2.40. The maximum Gasteiger partial charge on any atom is 0.321 e. The van der Waals surface area contributed by atoms with E-state index in [-0.39, 0.29) is 50.3 Å². The number of hydrogen-bond donors (Lipinski definition) is 6. The highest BCUT2D eigenvalue weighted by Gasteiger charge is 2.49. The van der Waals surface area contributed by atoms with E-state index in [2.05, 4.69) is 11.4 Å². The van der Waals surface area contributed by atoms with Gasteiger partial charge >= 0.3 is 12.0 Å². The number of benzene rings is 1. The molecule has 348 valence electrons. The van der Waals surface area contributed by atoms with Crippen molar-refractivity contribution >= 4 is 17.7 Å². The van der Waals surface area contributed by atoms with Gasteiger partial charge in [-0.2, -0.15) is 5.26 Å². The summed E-state index contributed by atoms with van der Waals surface area (Å²) in [5, 5.41) is 71.2. The number of urea groups is 1. The van der Waals surface area contributed by atoms with Crippen molar-refractivity contribution in [3.05, 3.63) is 12.1 Å². The first-order valence-corrected chi connectivity index (χ1v) is 21.5. The van der Waals surface area contributed by atoms with Crippen LogP contribution in [0.5, 0.6) is 17.2 Å². The van der Waals surface area contributed by atoms with E-state index in [4.69, 9.17) is 28.4 Å². The molecule has 2 aliphatic rings. The van der Waals surface area contributed by atoms with Gasteiger partial charge in [0.15, 0.2) is 17.8 Å². The summed E-state index contributed by atoms with van der Waals surface area (Å²) in [6.07, 6.45) is -6.11. The molecule has 0 radical (unpaired) electrons. The van der Waals surface area contributed by atoms with Crippen LogP contribution in [0, 0.1) is 35.0 Å². The molecule has 1 aromatic rings. The second-order valence-electron chi connectivity index (χ2n) is 17.7. The zero-order valence-corrected chi connectivity index (χ0v) is 38.3. The van der Waals surface area contributed by atoms with Crippen LogP contribution >= 0.6 is 0 Å². The molecular weight excluding hydrogens is 792 g/mol. The molecule has 0 unspecified atom stereocenters. The summed E-state index contributed by atoms with van der Waals surface area (Å²) in [7, 11) is 4.41. The lowest BCUT2D eigenvalue weighted by atomic mass is 9.78. The minimum atomic E-state index is -1.93. The standard InChI is InChI=1S/C44H74N4O13/c1-13-34-44(9,55)38(51)30(7)48(19-15-18-47(17-14-16-45)42(53)46-31-21-32(56-10)37(58-12)33(22-31)57-11)24-25(2)23-43(8,54)39(28(5)36(50)29(6)40(52)60-34)61-41-35(49)26(3)20-27(4)59-41/h21-22,25-30,34-36,38-39,41,49-51,54-55H,13-15,17-20,23-24H2,1-12H3,(H,46,53)/t25-,26-,27+,28+,29-,30-,34-,35+,36+,38-,39-,41-,43-,44-/m1/s1. The second kappa shape index (κ2) is 22.8. The lowest BCUT2D eigenvalue weighted by Gasteiger charge is -2.45. The van der Waals surface area contributed by atoms with Gasteiger partial charge in [0.25, 0.3) is 0 Å². The first-order chi connectivity index (χ1) is 28.6. The number of anilines is 1. The summed E-state index contributed by atoms with van der Waals surface area (Å²) >= 11 is 0. The summed E-state index contributed by atoms with van der Waals surface area (Å²) < 4.78 is 34.6. The molecule has 2 amide bonds. The average molecular weight is 867 g/mol. The number of esters is 1. The van der Waals surface area contributed by atoms with E-state index in [9.17, 15) is 40.4 Å². The Labute approximate surface area is 362 Å². The molecule has 2 saturated heterocycles. The third kappa shape index (κ3) is 13.0. The van der Waals surface area contributed by atoms with Crippen LogP contribution in [0.15, 0.2) is 12.1 Å². The Bertz CT molecular complexity index is 1580. The number of nitrogens with one attached hydrogen (secondary N) is 1. The van der Waals surface area contributed by atoms with Crippen LogP contribution in [0.2, 0.25) is 0 Å². The third-order valence-corrected chi connectivity index (χ3v) is 12.5. The SMILES string of the molecule is CC[C@H]1OC(=O)[C@H](C)[C@@H](O)[C@H](C)[C@@H](O[C@H]2O[C@@H](C)C[C@@H](C)[C@@H]2O)[C@](C)(O)C[C@@H](C)CN(CCCN(CCC#N)C(=O)Nc2cc(OC)c(OC)c(OC)c2)[C@H](C)[C@@H](O)[C@]1(C)O. The number of carbonyl (C=O) groups excluding carboxylic acids is 2. The fraction of sp³-hybridized carbons (Fsp3) is 0.795. The molecule has 6 N–H and O–H groups in total. The van der Waals surface area contributed by atoms with Gasteiger partial charge in [-0.1, -0.05) is 27.7 Å². The van der Waals surface area contributed by atoms with Gasteiger partial charge in [0, 0.05) is 50.3 Å². The summed E-state index contributed by atoms with van der Waals surface area (Å²) in [6.45, 7) is 16.3. The summed E-state index contributed by atoms with van der Waals surface area (Å²) in [6, 6.07) is 4.09. The predicted molar refractivity (Wildman–Crippen MR) is 227 cm³/mol. The minimum Gasteiger partial charge on any atom is -0.493 e. The number of nitriles is 1. The van der Waals surface area contributed by atoms with E-state index in [0.717, 1.165) is 0 Å². The number of hydrogen-bond acceptors (Lipinski definition) is 15. The molecule has 14 atom stereocenters. The fourth-order valence-corrected chi connectivity index (χ4v) is 8.97. The average Bonchev–Trinajstić information content (AvgIpc) is 3.21. The Morgan fingerprint density at radius 2 is 1.62 bits per heavy atom. The molecule has 0 spiro atoms. The zero-order chi connectivity index (χ0) is 46.0. The van der Waals surface area contributed by atoms with Gasteiger partial charge in [0.2, 0.25) is 5.75 Å². The molecule has 17 nitrogen and oxygen atoms in total. The Morgan fingerprint density at radius 3 is 2.18 bits per heavy atom. The predicted octanol–water partition coefficient (Wildman–Crippen LogP) is 3.92. The van der Waals surface area contributed by atoms with Gasteiger partial charge in [-0.25, -0.2) is 4.79 Å². The van der Waals surface area contributed by atoms with Crippen LogP contribution in [0.4, 0.5) is 10.5 Å². The van der Waals surface area contributed by atoms with Crippen LogP contribution in [-0.2, 0) is 19.0 Å². The zero-order valence-electron chi connectivity index (χ0n) is 38.3. The molecule has 0 aliphatic carbocycles. The number of carbonyl (C=O) groups is 2. The number of amides is 2. The highest BCUT2D eigenvalue weighted by molar-refractivity contribution is 5.90. The Hall–Kier alpha value is -3.47. The molecule has 61 heavy (non-hydrogen) atoms. The van der Waals surface area contributed by atoms with Crippen molar-refractivity contribution in [2.75, 3.05) is 52.8 Å². The van der Waals surface area contributed by atoms with Crippen LogP contribution in [-0.4, -0.2) is 155 Å². The number of ether oxygens (including phenoxy) is 6. The van der Waals surface area contributed by atoms with Crippen LogP contribution in [0.25, 0.3) is 0 Å². The van der Waals surface area contributed by atoms with Crippen molar-refractivity contribution in [3.63, 3.8) is 0 Å². The van der Waals surface area contributed by atoms with Gasteiger partial charge in [-0.3, -0.25) is 9.69 Å². The summed E-state index contributed by atoms with van der Waals surface area (Å²) in [4.78, 5) is 30.9. The smallest absolute Gasteiger partial charge is 0.321 e. The van der Waals surface area contributed by atoms with E-state index in [1.165, 1.54) is 40.1 Å². The van der Waals surface area contributed by atoms with Crippen molar-refractivity contribution in [2.45, 2.75) is 155 Å². The lowest BCUT2D eigenvalue weighted by molar-refractivity contribution is -0.298. The van der Waals surface area contributed by atoms with E-state index >= 15 is 0 Å².